The van der Waals surface area contributed by atoms with Gasteiger partial charge in [0.25, 0.3) is 0 Å². The Kier molecular flexibility index (Phi) is 5.13. The molecule has 124 valence electrons. The van der Waals surface area contributed by atoms with Crippen LogP contribution in [0, 0.1) is 5.92 Å². The molecule has 1 aliphatic heterocycles. The SMILES string of the molecule is O=C(Nc1ccc(Br)c(Cl)c1)[C@@H]1CC(=O)N(c2ccc(Cl)cc2)C1. The number of carbonyl (C=O) groups is 2. The lowest BCUT2D eigenvalue weighted by Crippen LogP contribution is -2.28. The van der Waals surface area contributed by atoms with Crippen LogP contribution < -0.4 is 10.2 Å². The first-order valence-electron chi connectivity index (χ1n) is 7.26. The zero-order chi connectivity index (χ0) is 17.3. The minimum absolute atomic E-state index is 0.0775. The fourth-order valence-corrected chi connectivity index (χ4v) is 3.13. The van der Waals surface area contributed by atoms with E-state index in [-0.39, 0.29) is 18.2 Å². The van der Waals surface area contributed by atoms with Gasteiger partial charge < -0.3 is 10.2 Å². The summed E-state index contributed by atoms with van der Waals surface area (Å²) in [5.41, 5.74) is 1.34. The number of benzene rings is 2. The summed E-state index contributed by atoms with van der Waals surface area (Å²) >= 11 is 15.2. The molecule has 7 heteroatoms. The monoisotopic (exact) mass is 426 g/mol. The van der Waals surface area contributed by atoms with E-state index < -0.39 is 5.92 Å². The van der Waals surface area contributed by atoms with Crippen molar-refractivity contribution < 1.29 is 9.59 Å². The number of hydrogen-bond acceptors (Lipinski definition) is 2. The molecule has 24 heavy (non-hydrogen) atoms. The van der Waals surface area contributed by atoms with Crippen LogP contribution in [0.15, 0.2) is 46.9 Å². The highest BCUT2D eigenvalue weighted by Gasteiger charge is 2.35. The average Bonchev–Trinajstić information content (AvgIpc) is 2.94. The summed E-state index contributed by atoms with van der Waals surface area (Å²) in [5.74, 6) is -0.680. The van der Waals surface area contributed by atoms with Crippen molar-refractivity contribution in [2.24, 2.45) is 5.92 Å². The van der Waals surface area contributed by atoms with Crippen LogP contribution in [0.4, 0.5) is 11.4 Å². The Morgan fingerprint density at radius 1 is 1.17 bits per heavy atom. The van der Waals surface area contributed by atoms with Gasteiger partial charge in [-0.25, -0.2) is 0 Å². The third kappa shape index (κ3) is 3.74. The topological polar surface area (TPSA) is 49.4 Å². The molecule has 1 saturated heterocycles. The molecule has 0 spiro atoms. The number of anilines is 2. The minimum Gasteiger partial charge on any atom is -0.326 e. The first kappa shape index (κ1) is 17.3. The van der Waals surface area contributed by atoms with Gasteiger partial charge in [-0.1, -0.05) is 23.2 Å². The largest absolute Gasteiger partial charge is 0.326 e. The lowest BCUT2D eigenvalue weighted by atomic mass is 10.1. The number of carbonyl (C=O) groups excluding carboxylic acids is 2. The summed E-state index contributed by atoms with van der Waals surface area (Å²) < 4.78 is 0.757. The maximum atomic E-state index is 12.4. The van der Waals surface area contributed by atoms with Crippen molar-refractivity contribution in [3.63, 3.8) is 0 Å². The quantitative estimate of drug-likeness (QED) is 0.768. The van der Waals surface area contributed by atoms with Gasteiger partial charge in [0.2, 0.25) is 11.8 Å². The number of amides is 2. The molecule has 2 amide bonds. The number of nitrogens with one attached hydrogen (secondary N) is 1. The van der Waals surface area contributed by atoms with Crippen molar-refractivity contribution >= 4 is 62.3 Å². The van der Waals surface area contributed by atoms with E-state index in [1.807, 2.05) is 0 Å². The second-order valence-electron chi connectivity index (χ2n) is 5.50. The molecule has 0 radical (unpaired) electrons. The first-order chi connectivity index (χ1) is 11.4. The molecule has 0 aliphatic carbocycles. The predicted molar refractivity (Wildman–Crippen MR) is 99.7 cm³/mol. The Bertz CT molecular complexity index is 796. The molecule has 3 rings (SSSR count). The van der Waals surface area contributed by atoms with Crippen LogP contribution in [0.1, 0.15) is 6.42 Å². The summed E-state index contributed by atoms with van der Waals surface area (Å²) in [6.45, 7) is 0.344. The van der Waals surface area contributed by atoms with E-state index in [9.17, 15) is 9.59 Å². The Hall–Kier alpha value is -1.56. The van der Waals surface area contributed by atoms with E-state index >= 15 is 0 Å². The third-order valence-electron chi connectivity index (χ3n) is 3.82. The van der Waals surface area contributed by atoms with Crippen LogP contribution in [-0.4, -0.2) is 18.4 Å². The summed E-state index contributed by atoms with van der Waals surface area (Å²) in [6.07, 6.45) is 0.179. The van der Waals surface area contributed by atoms with Crippen LogP contribution >= 0.6 is 39.1 Å². The molecule has 2 aromatic rings. The molecule has 0 aromatic heterocycles. The Balaban J connectivity index is 1.69. The smallest absolute Gasteiger partial charge is 0.229 e. The van der Waals surface area contributed by atoms with Gasteiger partial charge in [-0.3, -0.25) is 9.59 Å². The molecular weight excluding hydrogens is 415 g/mol. The standard InChI is InChI=1S/C17H13BrCl2N2O2/c18-14-6-3-12(8-15(14)20)21-17(24)10-7-16(23)22(9-10)13-4-1-11(19)2-5-13/h1-6,8,10H,7,9H2,(H,21,24)/t10-/m1/s1. The minimum atomic E-state index is -0.407. The molecule has 1 fully saturated rings. The van der Waals surface area contributed by atoms with Crippen LogP contribution in [0.3, 0.4) is 0 Å². The van der Waals surface area contributed by atoms with E-state index in [0.29, 0.717) is 22.3 Å². The van der Waals surface area contributed by atoms with Gasteiger partial charge in [0, 0.05) is 33.8 Å². The van der Waals surface area contributed by atoms with Crippen molar-refractivity contribution in [1.82, 2.24) is 0 Å². The zero-order valence-electron chi connectivity index (χ0n) is 12.4. The highest BCUT2D eigenvalue weighted by atomic mass is 79.9. The normalized spacial score (nSPS) is 17.2. The Morgan fingerprint density at radius 2 is 1.88 bits per heavy atom. The van der Waals surface area contributed by atoms with Gasteiger partial charge in [-0.15, -0.1) is 0 Å². The van der Waals surface area contributed by atoms with Crippen LogP contribution in [0.5, 0.6) is 0 Å². The van der Waals surface area contributed by atoms with Crippen LogP contribution in [-0.2, 0) is 9.59 Å². The molecule has 4 nitrogen and oxygen atoms in total. The van der Waals surface area contributed by atoms with E-state index in [1.54, 1.807) is 47.4 Å². The Morgan fingerprint density at radius 3 is 2.54 bits per heavy atom. The van der Waals surface area contributed by atoms with Gasteiger partial charge in [0.1, 0.15) is 0 Å². The predicted octanol–water partition coefficient (Wildman–Crippen LogP) is 4.75. The van der Waals surface area contributed by atoms with Crippen molar-refractivity contribution in [3.05, 3.63) is 57.0 Å². The van der Waals surface area contributed by atoms with Gasteiger partial charge in [-0.05, 0) is 58.4 Å². The molecule has 1 N–H and O–H groups in total. The molecule has 0 bridgehead atoms. The highest BCUT2D eigenvalue weighted by molar-refractivity contribution is 9.10. The average molecular weight is 428 g/mol. The number of rotatable bonds is 3. The third-order valence-corrected chi connectivity index (χ3v) is 5.31. The van der Waals surface area contributed by atoms with Crippen LogP contribution in [0.25, 0.3) is 0 Å². The number of nitrogens with zero attached hydrogens (tertiary/aromatic N) is 1. The molecule has 0 saturated carbocycles. The molecule has 1 aliphatic rings. The molecule has 1 heterocycles. The van der Waals surface area contributed by atoms with Crippen molar-refractivity contribution in [3.8, 4) is 0 Å². The van der Waals surface area contributed by atoms with Crippen molar-refractivity contribution in [2.45, 2.75) is 6.42 Å². The second kappa shape index (κ2) is 7.13. The molecule has 0 unspecified atom stereocenters. The fourth-order valence-electron chi connectivity index (χ4n) is 2.57. The summed E-state index contributed by atoms with van der Waals surface area (Å²) in [6, 6.07) is 12.2. The molecule has 2 aromatic carbocycles. The summed E-state index contributed by atoms with van der Waals surface area (Å²) in [5, 5.41) is 3.93. The van der Waals surface area contributed by atoms with Crippen molar-refractivity contribution in [2.75, 3.05) is 16.8 Å². The summed E-state index contributed by atoms with van der Waals surface area (Å²) in [4.78, 5) is 26.2. The zero-order valence-corrected chi connectivity index (χ0v) is 15.5. The lowest BCUT2D eigenvalue weighted by Gasteiger charge is -2.16. The second-order valence-corrected chi connectivity index (χ2v) is 7.20. The van der Waals surface area contributed by atoms with E-state index in [4.69, 9.17) is 23.2 Å². The van der Waals surface area contributed by atoms with Gasteiger partial charge in [0.15, 0.2) is 0 Å². The molecule has 1 atom stereocenters. The van der Waals surface area contributed by atoms with Crippen LogP contribution in [0.2, 0.25) is 10.0 Å². The van der Waals surface area contributed by atoms with Gasteiger partial charge in [-0.2, -0.15) is 0 Å². The Labute approximate surface area is 157 Å². The first-order valence-corrected chi connectivity index (χ1v) is 8.81. The number of halogens is 3. The highest BCUT2D eigenvalue weighted by Crippen LogP contribution is 2.29. The fraction of sp³-hybridized carbons (Fsp3) is 0.176. The van der Waals surface area contributed by atoms with Gasteiger partial charge in [0.05, 0.1) is 10.9 Å². The van der Waals surface area contributed by atoms with E-state index in [2.05, 4.69) is 21.2 Å². The van der Waals surface area contributed by atoms with Crippen molar-refractivity contribution in [1.29, 1.82) is 0 Å². The van der Waals surface area contributed by atoms with Gasteiger partial charge >= 0.3 is 0 Å². The van der Waals surface area contributed by atoms with E-state index in [1.165, 1.54) is 0 Å². The molecular formula is C17H13BrCl2N2O2. The summed E-state index contributed by atoms with van der Waals surface area (Å²) in [7, 11) is 0. The van der Waals surface area contributed by atoms with E-state index in [0.717, 1.165) is 10.2 Å². The number of hydrogen-bond donors (Lipinski definition) is 1. The lowest BCUT2D eigenvalue weighted by molar-refractivity contribution is -0.122. The maximum Gasteiger partial charge on any atom is 0.229 e. The maximum absolute atomic E-state index is 12.4.